The number of phenols is 1. The van der Waals surface area contributed by atoms with Gasteiger partial charge in [-0.2, -0.15) is 0 Å². The average molecular weight is 418 g/mol. The number of rotatable bonds is 7. The highest BCUT2D eigenvalue weighted by atomic mass is 32.2. The van der Waals surface area contributed by atoms with Crippen LogP contribution in [0.1, 0.15) is 11.3 Å². The second-order valence-corrected chi connectivity index (χ2v) is 6.89. The van der Waals surface area contributed by atoms with Crippen molar-refractivity contribution in [3.8, 4) is 17.2 Å². The molecule has 0 bridgehead atoms. The number of amides is 3. The average Bonchev–Trinajstić information content (AvgIpc) is 3.31. The minimum Gasteiger partial charge on any atom is -0.502 e. The highest BCUT2D eigenvalue weighted by Gasteiger charge is 2.36. The lowest BCUT2D eigenvalue weighted by atomic mass is 10.1. The summed E-state index contributed by atoms with van der Waals surface area (Å²) in [5, 5.41) is 12.0. The smallest absolute Gasteiger partial charge is 0.294 e. The second-order valence-electron chi connectivity index (χ2n) is 5.90. The SMILES string of the molecule is COc1cc(/C=C2\SC(=O)N(CC(=O)NCc3ccco3)C2=O)cc(OC)c1O. The van der Waals surface area contributed by atoms with Crippen molar-refractivity contribution >= 4 is 34.9 Å². The van der Waals surface area contributed by atoms with E-state index in [0.717, 1.165) is 16.7 Å². The Labute approximate surface area is 170 Å². The maximum absolute atomic E-state index is 12.6. The molecule has 2 N–H and O–H groups in total. The largest absolute Gasteiger partial charge is 0.502 e. The van der Waals surface area contributed by atoms with E-state index in [1.807, 2.05) is 0 Å². The number of aromatic hydroxyl groups is 1. The molecule has 2 aromatic rings. The summed E-state index contributed by atoms with van der Waals surface area (Å²) in [6, 6.07) is 6.39. The minimum absolute atomic E-state index is 0.142. The summed E-state index contributed by atoms with van der Waals surface area (Å²) in [4.78, 5) is 37.8. The van der Waals surface area contributed by atoms with Crippen molar-refractivity contribution in [2.75, 3.05) is 20.8 Å². The lowest BCUT2D eigenvalue weighted by Crippen LogP contribution is -2.39. The van der Waals surface area contributed by atoms with Crippen molar-refractivity contribution in [2.45, 2.75) is 6.54 Å². The van der Waals surface area contributed by atoms with Crippen LogP contribution >= 0.6 is 11.8 Å². The molecule has 3 amide bonds. The van der Waals surface area contributed by atoms with Crippen LogP contribution in [0.15, 0.2) is 39.9 Å². The summed E-state index contributed by atoms with van der Waals surface area (Å²) in [5.74, 6) is -0.368. The molecule has 1 fully saturated rings. The van der Waals surface area contributed by atoms with Gasteiger partial charge in [-0.25, -0.2) is 0 Å². The van der Waals surface area contributed by atoms with Crippen molar-refractivity contribution in [1.82, 2.24) is 10.2 Å². The summed E-state index contributed by atoms with van der Waals surface area (Å²) < 4.78 is 15.3. The van der Waals surface area contributed by atoms with Gasteiger partial charge in [-0.1, -0.05) is 0 Å². The first-order chi connectivity index (χ1) is 13.9. The Balaban J connectivity index is 1.72. The van der Waals surface area contributed by atoms with Gasteiger partial charge in [-0.15, -0.1) is 0 Å². The minimum atomic E-state index is -0.584. The lowest BCUT2D eigenvalue weighted by Gasteiger charge is -2.12. The fraction of sp³-hybridized carbons (Fsp3) is 0.211. The predicted octanol–water partition coefficient (Wildman–Crippen LogP) is 2.36. The third-order valence-electron chi connectivity index (χ3n) is 4.02. The zero-order valence-electron chi connectivity index (χ0n) is 15.6. The van der Waals surface area contributed by atoms with Crippen LogP contribution in [-0.2, 0) is 16.1 Å². The molecule has 1 aromatic carbocycles. The molecule has 0 saturated carbocycles. The normalized spacial score (nSPS) is 15.1. The molecular weight excluding hydrogens is 400 g/mol. The number of nitrogens with zero attached hydrogens (tertiary/aromatic N) is 1. The molecule has 2 heterocycles. The topological polar surface area (TPSA) is 118 Å². The molecule has 3 rings (SSSR count). The number of imide groups is 1. The van der Waals surface area contributed by atoms with E-state index in [2.05, 4.69) is 5.32 Å². The monoisotopic (exact) mass is 418 g/mol. The summed E-state index contributed by atoms with van der Waals surface area (Å²) in [6.07, 6.45) is 2.95. The van der Waals surface area contributed by atoms with Crippen LogP contribution in [0.2, 0.25) is 0 Å². The number of thioether (sulfide) groups is 1. The Morgan fingerprint density at radius 3 is 2.55 bits per heavy atom. The number of hydrogen-bond acceptors (Lipinski definition) is 8. The van der Waals surface area contributed by atoms with Gasteiger partial charge in [0.1, 0.15) is 12.3 Å². The van der Waals surface area contributed by atoms with E-state index in [4.69, 9.17) is 13.9 Å². The van der Waals surface area contributed by atoms with Gasteiger partial charge in [0.15, 0.2) is 11.5 Å². The standard InChI is InChI=1S/C19H18N2O7S/c1-26-13-6-11(7-14(27-2)17(13)23)8-15-18(24)21(19(25)29-15)10-16(22)20-9-12-4-3-5-28-12/h3-8,23H,9-10H2,1-2H3,(H,20,22)/b15-8-. The Morgan fingerprint density at radius 1 is 1.28 bits per heavy atom. The summed E-state index contributed by atoms with van der Waals surface area (Å²) in [7, 11) is 2.76. The number of nitrogens with one attached hydrogen (secondary N) is 1. The van der Waals surface area contributed by atoms with Crippen molar-refractivity contribution in [3.63, 3.8) is 0 Å². The van der Waals surface area contributed by atoms with Gasteiger partial charge in [-0.05, 0) is 47.7 Å². The lowest BCUT2D eigenvalue weighted by molar-refractivity contribution is -0.129. The van der Waals surface area contributed by atoms with E-state index in [0.29, 0.717) is 11.3 Å². The fourth-order valence-electron chi connectivity index (χ4n) is 2.58. The summed E-state index contributed by atoms with van der Waals surface area (Å²) in [6.45, 7) is -0.240. The van der Waals surface area contributed by atoms with E-state index in [9.17, 15) is 19.5 Å². The molecule has 1 aliphatic heterocycles. The Morgan fingerprint density at radius 2 is 1.97 bits per heavy atom. The molecule has 0 spiro atoms. The third kappa shape index (κ3) is 4.54. The number of carbonyl (C=O) groups is 3. The van der Waals surface area contributed by atoms with Crippen molar-refractivity contribution < 1.29 is 33.4 Å². The van der Waals surface area contributed by atoms with Crippen LogP contribution in [-0.4, -0.2) is 47.8 Å². The Kier molecular flexibility index (Phi) is 6.13. The first kappa shape index (κ1) is 20.3. The number of furan rings is 1. The van der Waals surface area contributed by atoms with Crippen LogP contribution in [0.4, 0.5) is 4.79 Å². The number of ether oxygens (including phenoxy) is 2. The molecule has 0 radical (unpaired) electrons. The van der Waals surface area contributed by atoms with Gasteiger partial charge in [0.25, 0.3) is 11.1 Å². The van der Waals surface area contributed by atoms with Crippen LogP contribution in [0.5, 0.6) is 17.2 Å². The van der Waals surface area contributed by atoms with Gasteiger partial charge in [0.2, 0.25) is 11.7 Å². The first-order valence-corrected chi connectivity index (χ1v) is 9.24. The van der Waals surface area contributed by atoms with Gasteiger partial charge < -0.3 is 24.3 Å². The first-order valence-electron chi connectivity index (χ1n) is 8.42. The van der Waals surface area contributed by atoms with Crippen LogP contribution in [0.25, 0.3) is 6.08 Å². The Bertz CT molecular complexity index is 944. The molecular formula is C19H18N2O7S. The molecule has 0 atom stereocenters. The second kappa shape index (κ2) is 8.74. The molecule has 1 aliphatic rings. The quantitative estimate of drug-likeness (QED) is 0.658. The van der Waals surface area contributed by atoms with E-state index >= 15 is 0 Å². The van der Waals surface area contributed by atoms with Gasteiger partial charge >= 0.3 is 0 Å². The van der Waals surface area contributed by atoms with Crippen LogP contribution in [0, 0.1) is 0 Å². The summed E-state index contributed by atoms with van der Waals surface area (Å²) >= 11 is 0.721. The van der Waals surface area contributed by atoms with Crippen LogP contribution in [0.3, 0.4) is 0 Å². The van der Waals surface area contributed by atoms with Gasteiger partial charge in [0.05, 0.1) is 31.9 Å². The van der Waals surface area contributed by atoms with E-state index in [-0.39, 0.29) is 28.7 Å². The molecule has 1 saturated heterocycles. The Hall–Kier alpha value is -3.40. The molecule has 0 unspecified atom stereocenters. The molecule has 1 aromatic heterocycles. The third-order valence-corrected chi connectivity index (χ3v) is 4.92. The van der Waals surface area contributed by atoms with Crippen molar-refractivity contribution in [3.05, 3.63) is 46.8 Å². The van der Waals surface area contributed by atoms with Gasteiger partial charge in [-0.3, -0.25) is 19.3 Å². The molecule has 0 aliphatic carbocycles. The molecule has 10 heteroatoms. The number of methoxy groups -OCH3 is 2. The van der Waals surface area contributed by atoms with Gasteiger partial charge in [0, 0.05) is 0 Å². The van der Waals surface area contributed by atoms with E-state index in [1.54, 1.807) is 12.1 Å². The zero-order chi connectivity index (χ0) is 21.0. The molecule has 9 nitrogen and oxygen atoms in total. The fourth-order valence-corrected chi connectivity index (χ4v) is 3.42. The highest BCUT2D eigenvalue weighted by molar-refractivity contribution is 8.18. The van der Waals surface area contributed by atoms with Crippen molar-refractivity contribution in [2.24, 2.45) is 0 Å². The predicted molar refractivity (Wildman–Crippen MR) is 104 cm³/mol. The number of hydrogen-bond donors (Lipinski definition) is 2. The summed E-state index contributed by atoms with van der Waals surface area (Å²) in [5.41, 5.74) is 0.490. The molecule has 152 valence electrons. The van der Waals surface area contributed by atoms with Crippen molar-refractivity contribution in [1.29, 1.82) is 0 Å². The number of benzene rings is 1. The number of carbonyl (C=O) groups excluding carboxylic acids is 3. The van der Waals surface area contributed by atoms with Crippen LogP contribution < -0.4 is 14.8 Å². The van der Waals surface area contributed by atoms with E-state index < -0.39 is 23.6 Å². The highest BCUT2D eigenvalue weighted by Crippen LogP contribution is 2.39. The maximum Gasteiger partial charge on any atom is 0.294 e. The van der Waals surface area contributed by atoms with E-state index in [1.165, 1.54) is 38.7 Å². The number of phenolic OH excluding ortho intramolecular Hbond substituents is 1. The zero-order valence-corrected chi connectivity index (χ0v) is 16.4. The maximum atomic E-state index is 12.6. The molecule has 29 heavy (non-hydrogen) atoms.